The molecule has 1 aliphatic heterocycles. The molecular formula is C18H25N2O+. The largest absolute Gasteiger partial charge is 0.493 e. The number of nitrogens with two attached hydrogens (primary N) is 1. The van der Waals surface area contributed by atoms with Crippen molar-refractivity contribution in [1.82, 2.24) is 4.57 Å². The van der Waals surface area contributed by atoms with Gasteiger partial charge in [0.15, 0.2) is 0 Å². The first kappa shape index (κ1) is 13.2. The lowest BCUT2D eigenvalue weighted by Gasteiger charge is -2.27. The topological polar surface area (TPSA) is 30.8 Å². The first-order valence-corrected chi connectivity index (χ1v) is 8.35. The van der Waals surface area contributed by atoms with Gasteiger partial charge in [-0.3, -0.25) is 0 Å². The van der Waals surface area contributed by atoms with Crippen molar-refractivity contribution in [2.45, 2.75) is 45.7 Å². The molecule has 0 amide bonds. The molecule has 2 aromatic rings. The second-order valence-electron chi connectivity index (χ2n) is 6.92. The van der Waals surface area contributed by atoms with Gasteiger partial charge in [-0.2, -0.15) is 0 Å². The maximum Gasteiger partial charge on any atom is 0.127 e. The maximum absolute atomic E-state index is 5.93. The zero-order valence-corrected chi connectivity index (χ0v) is 13.1. The SMILES string of the molecule is CC(C)COc1ccc2c(c1)c1c3n2CC[NH2+][C@@H]3CCC1. The fraction of sp³-hybridized carbons (Fsp3) is 0.556. The van der Waals surface area contributed by atoms with Gasteiger partial charge < -0.3 is 14.6 Å². The molecule has 0 spiro atoms. The molecule has 3 nitrogen and oxygen atoms in total. The molecule has 2 aliphatic rings. The predicted octanol–water partition coefficient (Wildman–Crippen LogP) is 2.63. The minimum Gasteiger partial charge on any atom is -0.493 e. The summed E-state index contributed by atoms with van der Waals surface area (Å²) >= 11 is 0. The van der Waals surface area contributed by atoms with Crippen LogP contribution >= 0.6 is 0 Å². The molecule has 112 valence electrons. The van der Waals surface area contributed by atoms with Crippen LogP contribution in [-0.2, 0) is 13.0 Å². The van der Waals surface area contributed by atoms with Gasteiger partial charge in [-0.25, -0.2) is 0 Å². The van der Waals surface area contributed by atoms with Crippen molar-refractivity contribution in [3.8, 4) is 5.75 Å². The quantitative estimate of drug-likeness (QED) is 0.923. The molecule has 4 rings (SSSR count). The maximum atomic E-state index is 5.93. The summed E-state index contributed by atoms with van der Waals surface area (Å²) in [5.41, 5.74) is 4.60. The number of nitrogens with zero attached hydrogens (tertiary/aromatic N) is 1. The minimum absolute atomic E-state index is 0.570. The summed E-state index contributed by atoms with van der Waals surface area (Å²) in [6.45, 7) is 7.55. The number of benzene rings is 1. The molecule has 2 heterocycles. The molecule has 21 heavy (non-hydrogen) atoms. The van der Waals surface area contributed by atoms with Gasteiger partial charge in [-0.05, 0) is 42.5 Å². The van der Waals surface area contributed by atoms with Crippen LogP contribution in [0.4, 0.5) is 0 Å². The Labute approximate surface area is 126 Å². The van der Waals surface area contributed by atoms with Crippen LogP contribution in [0.15, 0.2) is 18.2 Å². The number of ether oxygens (including phenoxy) is 1. The van der Waals surface area contributed by atoms with Gasteiger partial charge in [0.25, 0.3) is 0 Å². The molecule has 0 saturated heterocycles. The van der Waals surface area contributed by atoms with Gasteiger partial charge in [0.2, 0.25) is 0 Å². The second-order valence-corrected chi connectivity index (χ2v) is 6.92. The zero-order valence-electron chi connectivity index (χ0n) is 13.1. The number of aryl methyl sites for hydroxylation is 1. The average Bonchev–Trinajstić information content (AvgIpc) is 2.82. The van der Waals surface area contributed by atoms with Crippen molar-refractivity contribution >= 4 is 10.9 Å². The van der Waals surface area contributed by atoms with E-state index in [-0.39, 0.29) is 0 Å². The molecule has 1 atom stereocenters. The molecule has 0 fully saturated rings. The van der Waals surface area contributed by atoms with Gasteiger partial charge >= 0.3 is 0 Å². The number of hydrogen-bond donors (Lipinski definition) is 1. The lowest BCUT2D eigenvalue weighted by Crippen LogP contribution is -2.88. The van der Waals surface area contributed by atoms with Crippen molar-refractivity contribution in [2.75, 3.05) is 13.2 Å². The minimum atomic E-state index is 0.570. The van der Waals surface area contributed by atoms with E-state index < -0.39 is 0 Å². The number of aromatic nitrogens is 1. The van der Waals surface area contributed by atoms with E-state index in [2.05, 4.69) is 41.9 Å². The van der Waals surface area contributed by atoms with E-state index in [1.165, 1.54) is 36.7 Å². The van der Waals surface area contributed by atoms with E-state index in [0.717, 1.165) is 18.9 Å². The van der Waals surface area contributed by atoms with Crippen LogP contribution in [0.2, 0.25) is 0 Å². The monoisotopic (exact) mass is 285 g/mol. The highest BCUT2D eigenvalue weighted by atomic mass is 16.5. The van der Waals surface area contributed by atoms with Crippen LogP contribution in [0, 0.1) is 5.92 Å². The Balaban J connectivity index is 1.81. The summed E-state index contributed by atoms with van der Waals surface area (Å²) in [7, 11) is 0. The van der Waals surface area contributed by atoms with Gasteiger partial charge in [-0.1, -0.05) is 13.8 Å². The third kappa shape index (κ3) is 2.15. The predicted molar refractivity (Wildman–Crippen MR) is 84.7 cm³/mol. The normalized spacial score (nSPS) is 20.8. The molecule has 1 aromatic heterocycles. The summed E-state index contributed by atoms with van der Waals surface area (Å²) < 4.78 is 8.51. The fourth-order valence-electron chi connectivity index (χ4n) is 3.97. The fourth-order valence-corrected chi connectivity index (χ4v) is 3.97. The van der Waals surface area contributed by atoms with Crippen LogP contribution in [0.1, 0.15) is 44.0 Å². The Hall–Kier alpha value is -1.48. The third-order valence-corrected chi connectivity index (χ3v) is 4.86. The van der Waals surface area contributed by atoms with E-state index in [1.807, 2.05) is 0 Å². The summed E-state index contributed by atoms with van der Waals surface area (Å²) in [4.78, 5) is 0. The lowest BCUT2D eigenvalue weighted by atomic mass is 9.91. The van der Waals surface area contributed by atoms with Gasteiger partial charge in [0.1, 0.15) is 11.8 Å². The molecule has 0 saturated carbocycles. The first-order chi connectivity index (χ1) is 10.2. The van der Waals surface area contributed by atoms with E-state index >= 15 is 0 Å². The summed E-state index contributed by atoms with van der Waals surface area (Å²) in [6, 6.07) is 7.38. The number of quaternary nitrogens is 1. The smallest absolute Gasteiger partial charge is 0.127 e. The zero-order chi connectivity index (χ0) is 14.4. The van der Waals surface area contributed by atoms with Crippen molar-refractivity contribution in [1.29, 1.82) is 0 Å². The summed E-state index contributed by atoms with van der Waals surface area (Å²) in [6.07, 6.45) is 3.89. The number of rotatable bonds is 3. The van der Waals surface area contributed by atoms with Crippen LogP contribution in [0.25, 0.3) is 10.9 Å². The van der Waals surface area contributed by atoms with E-state index in [0.29, 0.717) is 12.0 Å². The van der Waals surface area contributed by atoms with Gasteiger partial charge in [0.05, 0.1) is 25.4 Å². The second kappa shape index (κ2) is 5.06. The summed E-state index contributed by atoms with van der Waals surface area (Å²) in [5.74, 6) is 1.60. The first-order valence-electron chi connectivity index (χ1n) is 8.35. The van der Waals surface area contributed by atoms with E-state index in [1.54, 1.807) is 11.3 Å². The van der Waals surface area contributed by atoms with Gasteiger partial charge in [-0.15, -0.1) is 0 Å². The summed E-state index contributed by atoms with van der Waals surface area (Å²) in [5, 5.41) is 3.97. The average molecular weight is 285 g/mol. The highest BCUT2D eigenvalue weighted by Crippen LogP contribution is 2.38. The molecule has 3 heteroatoms. The van der Waals surface area contributed by atoms with E-state index in [4.69, 9.17) is 4.74 Å². The lowest BCUT2D eigenvalue weighted by molar-refractivity contribution is -0.704. The van der Waals surface area contributed by atoms with E-state index in [9.17, 15) is 0 Å². The molecule has 1 aliphatic carbocycles. The molecule has 0 unspecified atom stereocenters. The standard InChI is InChI=1S/C18H24N2O/c1-12(2)11-21-13-6-7-17-15(10-13)14-4-3-5-16-18(14)20(17)9-8-19-16/h6-7,10,12,16,19H,3-5,8-9,11H2,1-2H3/p+1/t16-/m1/s1. The van der Waals surface area contributed by atoms with Gasteiger partial charge in [0, 0.05) is 17.3 Å². The Morgan fingerprint density at radius 1 is 1.38 bits per heavy atom. The molecule has 2 N–H and O–H groups in total. The Morgan fingerprint density at radius 2 is 2.29 bits per heavy atom. The Morgan fingerprint density at radius 3 is 3.14 bits per heavy atom. The molecule has 0 bridgehead atoms. The number of fused-ring (bicyclic) bond motifs is 3. The van der Waals surface area contributed by atoms with Crippen molar-refractivity contribution < 1.29 is 10.1 Å². The Bertz CT molecular complexity index is 669. The van der Waals surface area contributed by atoms with Crippen LogP contribution in [-0.4, -0.2) is 17.7 Å². The van der Waals surface area contributed by atoms with Crippen molar-refractivity contribution in [2.24, 2.45) is 5.92 Å². The third-order valence-electron chi connectivity index (χ3n) is 4.86. The van der Waals surface area contributed by atoms with Crippen LogP contribution in [0.3, 0.4) is 0 Å². The van der Waals surface area contributed by atoms with Crippen LogP contribution < -0.4 is 10.1 Å². The highest BCUT2D eigenvalue weighted by molar-refractivity contribution is 5.87. The molecule has 0 radical (unpaired) electrons. The molecular weight excluding hydrogens is 260 g/mol. The highest BCUT2D eigenvalue weighted by Gasteiger charge is 2.32. The Kier molecular flexibility index (Phi) is 3.18. The van der Waals surface area contributed by atoms with Crippen LogP contribution in [0.5, 0.6) is 5.75 Å². The van der Waals surface area contributed by atoms with Crippen molar-refractivity contribution in [3.05, 3.63) is 29.5 Å². The molecule has 1 aromatic carbocycles. The van der Waals surface area contributed by atoms with Crippen molar-refractivity contribution in [3.63, 3.8) is 0 Å². The number of hydrogen-bond acceptors (Lipinski definition) is 1.